The Labute approximate surface area is 126 Å². The molecule has 1 aliphatic heterocycles. The highest BCUT2D eigenvalue weighted by Crippen LogP contribution is 2.38. The van der Waals surface area contributed by atoms with Gasteiger partial charge in [-0.2, -0.15) is 13.2 Å². The Bertz CT molecular complexity index is 631. The first-order chi connectivity index (χ1) is 9.64. The summed E-state index contributed by atoms with van der Waals surface area (Å²) in [6.07, 6.45) is -4.17. The molecule has 1 saturated heterocycles. The summed E-state index contributed by atoms with van der Waals surface area (Å²) in [5.74, 6) is -0.105. The maximum Gasteiger partial charge on any atom is 0.418 e. The third-order valence-corrected chi connectivity index (χ3v) is 5.72. The van der Waals surface area contributed by atoms with Gasteiger partial charge in [-0.3, -0.25) is 0 Å². The van der Waals surface area contributed by atoms with Crippen LogP contribution in [-0.4, -0.2) is 33.0 Å². The summed E-state index contributed by atoms with van der Waals surface area (Å²) < 4.78 is 62.5. The van der Waals surface area contributed by atoms with Crippen LogP contribution in [0.5, 0.6) is 0 Å². The van der Waals surface area contributed by atoms with Crippen LogP contribution < -0.4 is 4.90 Å². The van der Waals surface area contributed by atoms with Gasteiger partial charge in [0.25, 0.3) is 0 Å². The number of hydrogen-bond donors (Lipinski definition) is 0. The summed E-state index contributed by atoms with van der Waals surface area (Å²) in [7, 11) is -1.66. The van der Waals surface area contributed by atoms with Gasteiger partial charge >= 0.3 is 6.18 Å². The lowest BCUT2D eigenvalue weighted by molar-refractivity contribution is -0.137. The van der Waals surface area contributed by atoms with Gasteiger partial charge in [0.15, 0.2) is 9.84 Å². The molecule has 1 aliphatic rings. The van der Waals surface area contributed by atoms with Gasteiger partial charge in [-0.05, 0) is 24.1 Å². The van der Waals surface area contributed by atoms with Crippen molar-refractivity contribution in [2.24, 2.45) is 0 Å². The van der Waals surface area contributed by atoms with Crippen molar-refractivity contribution in [2.45, 2.75) is 24.5 Å². The van der Waals surface area contributed by atoms with Crippen LogP contribution in [0.4, 0.5) is 18.9 Å². The highest BCUT2D eigenvalue weighted by Gasteiger charge is 2.37. The SMILES string of the molecule is CN(c1ccc(CCl)cc1C(F)(F)F)C1CCS(=O)(=O)C1. The van der Waals surface area contributed by atoms with Crippen LogP contribution >= 0.6 is 11.6 Å². The Hall–Kier alpha value is -0.950. The molecule has 0 spiro atoms. The minimum Gasteiger partial charge on any atom is -0.370 e. The Balaban J connectivity index is 2.39. The Morgan fingerprint density at radius 1 is 1.38 bits per heavy atom. The average molecular weight is 342 g/mol. The standard InChI is InChI=1S/C13H15ClF3NO2S/c1-18(10-4-5-21(19,20)8-10)12-3-2-9(7-14)6-11(12)13(15,16)17/h2-3,6,10H,4-5,7-8H2,1H3. The Morgan fingerprint density at radius 3 is 2.52 bits per heavy atom. The quantitative estimate of drug-likeness (QED) is 0.793. The van der Waals surface area contributed by atoms with Crippen molar-refractivity contribution in [1.82, 2.24) is 0 Å². The van der Waals surface area contributed by atoms with Gasteiger partial charge in [0.2, 0.25) is 0 Å². The predicted octanol–water partition coefficient (Wildman–Crippen LogP) is 3.07. The maximum absolute atomic E-state index is 13.2. The summed E-state index contributed by atoms with van der Waals surface area (Å²) in [5.41, 5.74) is -0.425. The molecule has 0 saturated carbocycles. The summed E-state index contributed by atoms with van der Waals surface area (Å²) in [6, 6.07) is 3.46. The smallest absolute Gasteiger partial charge is 0.370 e. The number of hydrogen-bond acceptors (Lipinski definition) is 3. The topological polar surface area (TPSA) is 37.4 Å². The summed E-state index contributed by atoms with van der Waals surface area (Å²) in [5, 5.41) is 0. The van der Waals surface area contributed by atoms with Crippen molar-refractivity contribution < 1.29 is 21.6 Å². The number of rotatable bonds is 3. The molecule has 1 fully saturated rings. The predicted molar refractivity (Wildman–Crippen MR) is 76.5 cm³/mol. The maximum atomic E-state index is 13.2. The molecule has 1 heterocycles. The average Bonchev–Trinajstić information content (AvgIpc) is 2.76. The first-order valence-electron chi connectivity index (χ1n) is 6.33. The number of alkyl halides is 4. The summed E-state index contributed by atoms with van der Waals surface area (Å²) in [4.78, 5) is 1.41. The fourth-order valence-corrected chi connectivity index (χ4v) is 4.42. The normalized spacial score (nSPS) is 21.5. The van der Waals surface area contributed by atoms with Crippen molar-refractivity contribution in [3.05, 3.63) is 29.3 Å². The minimum absolute atomic E-state index is 0.00905. The van der Waals surface area contributed by atoms with E-state index >= 15 is 0 Å². The minimum atomic E-state index is -4.51. The number of anilines is 1. The van der Waals surface area contributed by atoms with Crippen LogP contribution in [0.3, 0.4) is 0 Å². The lowest BCUT2D eigenvalue weighted by Crippen LogP contribution is -2.34. The molecular weight excluding hydrogens is 327 g/mol. The van der Waals surface area contributed by atoms with Crippen LogP contribution in [0.2, 0.25) is 0 Å². The first kappa shape index (κ1) is 16.4. The van der Waals surface area contributed by atoms with Crippen LogP contribution in [0, 0.1) is 0 Å². The van der Waals surface area contributed by atoms with E-state index in [1.165, 1.54) is 24.1 Å². The summed E-state index contributed by atoms with van der Waals surface area (Å²) in [6.45, 7) is 0. The molecule has 0 radical (unpaired) electrons. The Kier molecular flexibility index (Phi) is 4.44. The largest absolute Gasteiger partial charge is 0.418 e. The van der Waals surface area contributed by atoms with Gasteiger partial charge in [-0.15, -0.1) is 11.6 Å². The van der Waals surface area contributed by atoms with Crippen LogP contribution in [0.1, 0.15) is 17.5 Å². The van der Waals surface area contributed by atoms with E-state index < -0.39 is 27.6 Å². The van der Waals surface area contributed by atoms with Gasteiger partial charge in [-0.25, -0.2) is 8.42 Å². The fraction of sp³-hybridized carbons (Fsp3) is 0.538. The van der Waals surface area contributed by atoms with Crippen molar-refractivity contribution in [3.63, 3.8) is 0 Å². The molecule has 21 heavy (non-hydrogen) atoms. The van der Waals surface area contributed by atoms with E-state index in [0.717, 1.165) is 6.07 Å². The van der Waals surface area contributed by atoms with E-state index in [9.17, 15) is 21.6 Å². The van der Waals surface area contributed by atoms with Gasteiger partial charge < -0.3 is 4.90 Å². The number of nitrogens with zero attached hydrogens (tertiary/aromatic N) is 1. The van der Waals surface area contributed by atoms with Gasteiger partial charge in [0, 0.05) is 24.7 Å². The lowest BCUT2D eigenvalue weighted by atomic mass is 10.1. The molecule has 0 aliphatic carbocycles. The van der Waals surface area contributed by atoms with E-state index in [-0.39, 0.29) is 23.1 Å². The second kappa shape index (κ2) is 5.68. The molecule has 0 bridgehead atoms. The molecule has 1 aromatic carbocycles. The van der Waals surface area contributed by atoms with Gasteiger partial charge in [-0.1, -0.05) is 6.07 Å². The molecule has 1 atom stereocenters. The molecule has 0 aromatic heterocycles. The second-order valence-corrected chi connectivity index (χ2v) is 7.65. The molecule has 0 N–H and O–H groups in total. The van der Waals surface area contributed by atoms with Crippen molar-refractivity contribution in [1.29, 1.82) is 0 Å². The van der Waals surface area contributed by atoms with E-state index in [0.29, 0.717) is 12.0 Å². The number of benzene rings is 1. The van der Waals surface area contributed by atoms with Crippen molar-refractivity contribution >= 4 is 27.1 Å². The third-order valence-electron chi connectivity index (χ3n) is 3.66. The molecular formula is C13H15ClF3NO2S. The number of halogens is 4. The molecule has 2 rings (SSSR count). The van der Waals surface area contributed by atoms with Crippen molar-refractivity contribution in [2.75, 3.05) is 23.5 Å². The molecule has 1 aromatic rings. The zero-order chi connectivity index (χ0) is 15.8. The van der Waals surface area contributed by atoms with Gasteiger partial charge in [0.1, 0.15) is 0 Å². The fourth-order valence-electron chi connectivity index (χ4n) is 2.48. The van der Waals surface area contributed by atoms with Crippen LogP contribution in [-0.2, 0) is 21.9 Å². The van der Waals surface area contributed by atoms with Crippen LogP contribution in [0.15, 0.2) is 18.2 Å². The third kappa shape index (κ3) is 3.63. The Morgan fingerprint density at radius 2 is 2.05 bits per heavy atom. The highest BCUT2D eigenvalue weighted by molar-refractivity contribution is 7.91. The molecule has 0 amide bonds. The molecule has 8 heteroatoms. The van der Waals surface area contributed by atoms with Crippen molar-refractivity contribution in [3.8, 4) is 0 Å². The zero-order valence-electron chi connectivity index (χ0n) is 11.3. The highest BCUT2D eigenvalue weighted by atomic mass is 35.5. The first-order valence-corrected chi connectivity index (χ1v) is 8.69. The van der Waals surface area contributed by atoms with Gasteiger partial charge in [0.05, 0.1) is 17.1 Å². The van der Waals surface area contributed by atoms with E-state index in [1.54, 1.807) is 0 Å². The number of sulfone groups is 1. The second-order valence-electron chi connectivity index (χ2n) is 5.15. The summed E-state index contributed by atoms with van der Waals surface area (Å²) >= 11 is 5.59. The lowest BCUT2D eigenvalue weighted by Gasteiger charge is -2.28. The van der Waals surface area contributed by atoms with E-state index in [4.69, 9.17) is 11.6 Å². The monoisotopic (exact) mass is 341 g/mol. The molecule has 1 unspecified atom stereocenters. The van der Waals surface area contributed by atoms with E-state index in [2.05, 4.69) is 0 Å². The zero-order valence-corrected chi connectivity index (χ0v) is 12.9. The van der Waals surface area contributed by atoms with E-state index in [1.807, 2.05) is 0 Å². The molecule has 3 nitrogen and oxygen atoms in total. The molecule has 118 valence electrons. The van der Waals surface area contributed by atoms with Crippen LogP contribution in [0.25, 0.3) is 0 Å².